The average Bonchev–Trinajstić information content (AvgIpc) is 3.05. The van der Waals surface area contributed by atoms with Crippen LogP contribution in [0, 0.1) is 0 Å². The molecule has 0 aliphatic carbocycles. The minimum atomic E-state index is -0.240. The van der Waals surface area contributed by atoms with Gasteiger partial charge in [0, 0.05) is 22.8 Å². The number of aromatic nitrogens is 1. The van der Waals surface area contributed by atoms with Gasteiger partial charge < -0.3 is 15.6 Å². The molecule has 0 aliphatic heterocycles. The summed E-state index contributed by atoms with van der Waals surface area (Å²) in [7, 11) is 0. The topological polar surface area (TPSA) is 56.9 Å². The molecular weight excluding hydrogens is 310 g/mol. The lowest BCUT2D eigenvalue weighted by atomic mass is 10.1. The molecule has 3 rings (SSSR count). The molecule has 0 bridgehead atoms. The zero-order chi connectivity index (χ0) is 17.6. The number of anilines is 1. The Bertz CT molecular complexity index is 836. The monoisotopic (exact) mass is 335 g/mol. The standard InChI is InChI=1S/C21H25N3O/c1-3-16-8-10-18(11-9-16)24-21(25)15(2)22-13-12-17-14-23-20-7-5-4-6-19(17)20/h4-11,14-15,22-23H,3,12-13H2,1-2H3,(H,24,25)/t15-/m1/s1. The van der Waals surface area contributed by atoms with E-state index in [2.05, 4.69) is 34.7 Å². The van der Waals surface area contributed by atoms with E-state index in [0.29, 0.717) is 0 Å². The summed E-state index contributed by atoms with van der Waals surface area (Å²) in [5.74, 6) is -0.0109. The molecule has 0 saturated carbocycles. The molecule has 25 heavy (non-hydrogen) atoms. The molecule has 1 aromatic heterocycles. The van der Waals surface area contributed by atoms with Gasteiger partial charge >= 0.3 is 0 Å². The number of benzene rings is 2. The molecule has 2 aromatic carbocycles. The molecule has 0 aliphatic rings. The first-order valence-electron chi connectivity index (χ1n) is 8.85. The minimum Gasteiger partial charge on any atom is -0.361 e. The Morgan fingerprint density at radius 1 is 1.12 bits per heavy atom. The summed E-state index contributed by atoms with van der Waals surface area (Å²) < 4.78 is 0. The van der Waals surface area contributed by atoms with Gasteiger partial charge in [-0.15, -0.1) is 0 Å². The van der Waals surface area contributed by atoms with Crippen LogP contribution in [0.5, 0.6) is 0 Å². The third-order valence-corrected chi connectivity index (χ3v) is 4.54. The lowest BCUT2D eigenvalue weighted by molar-refractivity contribution is -0.117. The van der Waals surface area contributed by atoms with E-state index >= 15 is 0 Å². The third-order valence-electron chi connectivity index (χ3n) is 4.54. The molecule has 0 radical (unpaired) electrons. The van der Waals surface area contributed by atoms with Crippen molar-refractivity contribution in [2.75, 3.05) is 11.9 Å². The van der Waals surface area contributed by atoms with Crippen LogP contribution in [0.25, 0.3) is 10.9 Å². The van der Waals surface area contributed by atoms with Gasteiger partial charge in [-0.2, -0.15) is 0 Å². The molecule has 3 aromatic rings. The highest BCUT2D eigenvalue weighted by molar-refractivity contribution is 5.94. The molecule has 1 heterocycles. The lowest BCUT2D eigenvalue weighted by Crippen LogP contribution is -2.39. The third kappa shape index (κ3) is 4.28. The maximum Gasteiger partial charge on any atom is 0.241 e. The normalized spacial score (nSPS) is 12.2. The van der Waals surface area contributed by atoms with Crippen LogP contribution in [0.1, 0.15) is 25.0 Å². The first-order chi connectivity index (χ1) is 12.2. The van der Waals surface area contributed by atoms with Crippen LogP contribution in [0.15, 0.2) is 54.7 Å². The fourth-order valence-electron chi connectivity index (χ4n) is 2.93. The van der Waals surface area contributed by atoms with E-state index in [-0.39, 0.29) is 11.9 Å². The number of carbonyl (C=O) groups excluding carboxylic acids is 1. The van der Waals surface area contributed by atoms with E-state index in [1.807, 2.05) is 49.5 Å². The Morgan fingerprint density at radius 2 is 1.88 bits per heavy atom. The fraction of sp³-hybridized carbons (Fsp3) is 0.286. The number of hydrogen-bond donors (Lipinski definition) is 3. The molecule has 130 valence electrons. The molecule has 4 nitrogen and oxygen atoms in total. The van der Waals surface area contributed by atoms with Gasteiger partial charge in [-0.25, -0.2) is 0 Å². The van der Waals surface area contributed by atoms with Crippen molar-refractivity contribution in [1.82, 2.24) is 10.3 Å². The fourth-order valence-corrected chi connectivity index (χ4v) is 2.93. The van der Waals surface area contributed by atoms with E-state index < -0.39 is 0 Å². The second-order valence-electron chi connectivity index (χ2n) is 6.33. The Kier molecular flexibility index (Phi) is 5.51. The number of nitrogens with one attached hydrogen (secondary N) is 3. The minimum absolute atomic E-state index is 0.0109. The number of fused-ring (bicyclic) bond motifs is 1. The van der Waals surface area contributed by atoms with Crippen molar-refractivity contribution in [3.63, 3.8) is 0 Å². The number of hydrogen-bond acceptors (Lipinski definition) is 2. The molecular formula is C21H25N3O. The Hall–Kier alpha value is -2.59. The van der Waals surface area contributed by atoms with E-state index in [0.717, 1.165) is 30.6 Å². The molecule has 0 fully saturated rings. The van der Waals surface area contributed by atoms with Crippen LogP contribution in [-0.2, 0) is 17.6 Å². The number of amides is 1. The average molecular weight is 335 g/mol. The number of H-pyrrole nitrogens is 1. The number of rotatable bonds is 7. The number of para-hydroxylation sites is 1. The predicted molar refractivity (Wildman–Crippen MR) is 104 cm³/mol. The number of aryl methyl sites for hydroxylation is 1. The highest BCUT2D eigenvalue weighted by atomic mass is 16.2. The molecule has 1 amide bonds. The van der Waals surface area contributed by atoms with Crippen molar-refractivity contribution >= 4 is 22.5 Å². The van der Waals surface area contributed by atoms with Gasteiger partial charge in [0.05, 0.1) is 6.04 Å². The van der Waals surface area contributed by atoms with Crippen molar-refractivity contribution in [2.24, 2.45) is 0 Å². The van der Waals surface area contributed by atoms with Crippen LogP contribution >= 0.6 is 0 Å². The van der Waals surface area contributed by atoms with E-state index in [1.165, 1.54) is 16.5 Å². The summed E-state index contributed by atoms with van der Waals surface area (Å²) in [6, 6.07) is 16.0. The molecule has 0 unspecified atom stereocenters. The van der Waals surface area contributed by atoms with Crippen molar-refractivity contribution in [2.45, 2.75) is 32.7 Å². The van der Waals surface area contributed by atoms with Crippen LogP contribution in [-0.4, -0.2) is 23.5 Å². The maximum atomic E-state index is 12.3. The van der Waals surface area contributed by atoms with E-state index in [4.69, 9.17) is 0 Å². The number of carbonyl (C=O) groups is 1. The largest absolute Gasteiger partial charge is 0.361 e. The Morgan fingerprint density at radius 3 is 2.64 bits per heavy atom. The molecule has 3 N–H and O–H groups in total. The van der Waals surface area contributed by atoms with Crippen molar-refractivity contribution < 1.29 is 4.79 Å². The molecule has 4 heteroatoms. The quantitative estimate of drug-likeness (QED) is 0.613. The van der Waals surface area contributed by atoms with Crippen molar-refractivity contribution in [1.29, 1.82) is 0 Å². The zero-order valence-electron chi connectivity index (χ0n) is 14.8. The highest BCUT2D eigenvalue weighted by Crippen LogP contribution is 2.17. The van der Waals surface area contributed by atoms with Crippen LogP contribution in [0.3, 0.4) is 0 Å². The van der Waals surface area contributed by atoms with Crippen LogP contribution in [0.4, 0.5) is 5.69 Å². The Labute approximate surface area is 148 Å². The second kappa shape index (κ2) is 7.99. The summed E-state index contributed by atoms with van der Waals surface area (Å²) in [5.41, 5.74) is 4.53. The van der Waals surface area contributed by atoms with Gasteiger partial charge in [0.15, 0.2) is 0 Å². The lowest BCUT2D eigenvalue weighted by Gasteiger charge is -2.14. The maximum absolute atomic E-state index is 12.3. The first-order valence-corrected chi connectivity index (χ1v) is 8.85. The van der Waals surface area contributed by atoms with E-state index in [9.17, 15) is 4.79 Å². The number of aromatic amines is 1. The van der Waals surface area contributed by atoms with Crippen LogP contribution in [0.2, 0.25) is 0 Å². The summed E-state index contributed by atoms with van der Waals surface area (Å²) in [5, 5.41) is 7.51. The second-order valence-corrected chi connectivity index (χ2v) is 6.33. The predicted octanol–water partition coefficient (Wildman–Crippen LogP) is 3.89. The molecule has 0 saturated heterocycles. The van der Waals surface area contributed by atoms with Crippen LogP contribution < -0.4 is 10.6 Å². The highest BCUT2D eigenvalue weighted by Gasteiger charge is 2.12. The van der Waals surface area contributed by atoms with E-state index in [1.54, 1.807) is 0 Å². The smallest absolute Gasteiger partial charge is 0.241 e. The van der Waals surface area contributed by atoms with Gasteiger partial charge in [0.2, 0.25) is 5.91 Å². The van der Waals surface area contributed by atoms with Gasteiger partial charge in [0.1, 0.15) is 0 Å². The summed E-state index contributed by atoms with van der Waals surface area (Å²) in [4.78, 5) is 15.6. The van der Waals surface area contributed by atoms with Gasteiger partial charge in [-0.1, -0.05) is 37.3 Å². The summed E-state index contributed by atoms with van der Waals surface area (Å²) in [6.45, 7) is 4.77. The van der Waals surface area contributed by atoms with Crippen molar-refractivity contribution in [3.05, 3.63) is 65.9 Å². The zero-order valence-corrected chi connectivity index (χ0v) is 14.8. The SMILES string of the molecule is CCc1ccc(NC(=O)[C@@H](C)NCCc2c[nH]c3ccccc23)cc1. The summed E-state index contributed by atoms with van der Waals surface area (Å²) in [6.07, 6.45) is 3.93. The molecule has 0 spiro atoms. The van der Waals surface area contributed by atoms with Gasteiger partial charge in [0.25, 0.3) is 0 Å². The first kappa shape index (κ1) is 17.2. The molecule has 1 atom stereocenters. The van der Waals surface area contributed by atoms with Gasteiger partial charge in [-0.05, 0) is 55.6 Å². The van der Waals surface area contributed by atoms with Crippen molar-refractivity contribution in [3.8, 4) is 0 Å². The summed E-state index contributed by atoms with van der Waals surface area (Å²) >= 11 is 0. The van der Waals surface area contributed by atoms with Gasteiger partial charge in [-0.3, -0.25) is 4.79 Å². The Balaban J connectivity index is 1.49.